The van der Waals surface area contributed by atoms with Crippen molar-refractivity contribution in [3.8, 4) is 29.9 Å². The molecule has 14 heteroatoms. The third-order valence-electron chi connectivity index (χ3n) is 9.83. The number of benzene rings is 2. The van der Waals surface area contributed by atoms with Crippen LogP contribution in [0.1, 0.15) is 57.7 Å². The molecule has 3 aromatic rings. The number of nitrogens with one attached hydrogen (secondary N) is 1. The van der Waals surface area contributed by atoms with Crippen molar-refractivity contribution in [2.45, 2.75) is 70.8 Å². The second kappa shape index (κ2) is 14.7. The van der Waals surface area contributed by atoms with Crippen molar-refractivity contribution < 1.29 is 37.4 Å². The molecule has 3 aliphatic rings. The largest absolute Gasteiger partial charge is 0.461 e. The molecule has 0 saturated carbocycles. The number of hydrogen-bond donors (Lipinski definition) is 1. The van der Waals surface area contributed by atoms with Crippen molar-refractivity contribution in [1.29, 1.82) is 0 Å². The molecule has 1 N–H and O–H groups in total. The highest BCUT2D eigenvalue weighted by atomic mass is 19.1. The number of halogens is 2. The maximum Gasteiger partial charge on any atom is 0.420 e. The Morgan fingerprint density at radius 3 is 2.73 bits per heavy atom. The lowest BCUT2D eigenvalue weighted by Crippen LogP contribution is -2.44. The monoisotopic (exact) mass is 716 g/mol. The molecular formula is C38H42F2N6O6. The summed E-state index contributed by atoms with van der Waals surface area (Å²) in [5.74, 6) is 0.986. The van der Waals surface area contributed by atoms with Crippen LogP contribution in [0.2, 0.25) is 0 Å². The Kier molecular flexibility index (Phi) is 10.4. The fraction of sp³-hybridized carbons (Fsp3) is 0.447. The van der Waals surface area contributed by atoms with Gasteiger partial charge in [-0.15, -0.1) is 6.42 Å². The van der Waals surface area contributed by atoms with Gasteiger partial charge < -0.3 is 24.4 Å². The van der Waals surface area contributed by atoms with Gasteiger partial charge in [0.2, 0.25) is 5.91 Å². The average molecular weight is 717 g/mol. The summed E-state index contributed by atoms with van der Waals surface area (Å²) in [7, 11) is 1.83. The van der Waals surface area contributed by atoms with Gasteiger partial charge >= 0.3 is 18.1 Å². The van der Waals surface area contributed by atoms with Crippen LogP contribution < -0.4 is 29.3 Å². The lowest BCUT2D eigenvalue weighted by Gasteiger charge is -2.34. The lowest BCUT2D eigenvalue weighted by molar-refractivity contribution is -0.137. The first-order valence-electron chi connectivity index (χ1n) is 17.3. The molecule has 1 unspecified atom stereocenters. The van der Waals surface area contributed by atoms with Gasteiger partial charge in [0, 0.05) is 43.5 Å². The van der Waals surface area contributed by atoms with Crippen molar-refractivity contribution >= 4 is 40.2 Å². The quantitative estimate of drug-likeness (QED) is 0.135. The van der Waals surface area contributed by atoms with E-state index in [4.69, 9.17) is 25.6 Å². The Balaban J connectivity index is 1.44. The first-order chi connectivity index (χ1) is 24.8. The number of carbonyl (C=O) groups is 3. The number of alkyl halides is 1. The van der Waals surface area contributed by atoms with E-state index in [9.17, 15) is 18.8 Å². The molecule has 3 atom stereocenters. The topological polar surface area (TPSA) is 126 Å². The number of rotatable bonds is 9. The summed E-state index contributed by atoms with van der Waals surface area (Å²) in [5, 5.41) is 3.63. The molecule has 52 heavy (non-hydrogen) atoms. The zero-order valence-corrected chi connectivity index (χ0v) is 29.7. The predicted octanol–water partition coefficient (Wildman–Crippen LogP) is 5.30. The van der Waals surface area contributed by atoms with Crippen molar-refractivity contribution in [1.82, 2.24) is 20.2 Å². The molecule has 1 aromatic heterocycles. The Morgan fingerprint density at radius 2 is 2.04 bits per heavy atom. The minimum Gasteiger partial charge on any atom is -0.461 e. The number of terminal acetylenes is 1. The van der Waals surface area contributed by atoms with E-state index in [1.807, 2.05) is 23.8 Å². The highest BCUT2D eigenvalue weighted by Crippen LogP contribution is 2.42. The number of aromatic nitrogens is 2. The van der Waals surface area contributed by atoms with Crippen LogP contribution in [0, 0.1) is 24.1 Å². The third-order valence-corrected chi connectivity index (χ3v) is 9.83. The number of esters is 1. The van der Waals surface area contributed by atoms with Crippen LogP contribution in [-0.4, -0.2) is 83.9 Å². The number of fused-ring (bicyclic) bond motifs is 2. The number of amides is 2. The Morgan fingerprint density at radius 1 is 1.25 bits per heavy atom. The highest BCUT2D eigenvalue weighted by molar-refractivity contribution is 6.06. The summed E-state index contributed by atoms with van der Waals surface area (Å²) in [4.78, 5) is 53.3. The molecule has 2 fully saturated rings. The molecule has 4 heterocycles. The lowest BCUT2D eigenvalue weighted by atomic mass is 10.0. The van der Waals surface area contributed by atoms with Gasteiger partial charge in [-0.3, -0.25) is 19.4 Å². The molecule has 2 amide bonds. The van der Waals surface area contributed by atoms with Crippen LogP contribution in [0.5, 0.6) is 17.5 Å². The minimum atomic E-state index is -1.01. The summed E-state index contributed by atoms with van der Waals surface area (Å²) >= 11 is 0. The molecule has 274 valence electrons. The summed E-state index contributed by atoms with van der Waals surface area (Å²) in [6.45, 7) is 9.91. The smallest absolute Gasteiger partial charge is 0.420 e. The number of anilines is 2. The molecule has 0 bridgehead atoms. The van der Waals surface area contributed by atoms with Gasteiger partial charge in [-0.05, 0) is 56.8 Å². The molecule has 0 radical (unpaired) electrons. The number of likely N-dealkylation sites (tertiary alicyclic amines) is 1. The number of carbonyl (C=O) groups excluding carboxylic acids is 3. The van der Waals surface area contributed by atoms with Gasteiger partial charge in [-0.25, -0.2) is 13.6 Å². The summed E-state index contributed by atoms with van der Waals surface area (Å²) in [6, 6.07) is 5.44. The normalized spacial score (nSPS) is 22.0. The van der Waals surface area contributed by atoms with Gasteiger partial charge in [0.1, 0.15) is 30.0 Å². The molecular weight excluding hydrogens is 674 g/mol. The van der Waals surface area contributed by atoms with E-state index in [0.717, 1.165) is 12.8 Å². The fourth-order valence-corrected chi connectivity index (χ4v) is 6.85. The zero-order valence-electron chi connectivity index (χ0n) is 29.7. The van der Waals surface area contributed by atoms with Crippen LogP contribution in [-0.2, 0) is 16.1 Å². The zero-order chi connectivity index (χ0) is 37.3. The number of hydrogen-bond acceptors (Lipinski definition) is 10. The first kappa shape index (κ1) is 36.5. The van der Waals surface area contributed by atoms with E-state index < -0.39 is 35.5 Å². The summed E-state index contributed by atoms with van der Waals surface area (Å²) < 4.78 is 47.4. The van der Waals surface area contributed by atoms with Gasteiger partial charge in [-0.2, -0.15) is 9.97 Å². The molecule has 2 saturated heterocycles. The third kappa shape index (κ3) is 7.36. The predicted molar refractivity (Wildman–Crippen MR) is 191 cm³/mol. The SMILES string of the molecule is C#Cc1c(F)ccc2cc(OC(=O)C(C)C)cc(N3Cc4nc(OC[C@]5(C)C[C@@H](F)CN5C)nc(N5CCCCC(NC(=O)C=C)C5)c4OC3=O)c12. The van der Waals surface area contributed by atoms with Gasteiger partial charge in [0.05, 0.1) is 29.3 Å². The van der Waals surface area contributed by atoms with Gasteiger partial charge in [-0.1, -0.05) is 32.4 Å². The molecule has 0 spiro atoms. The Bertz CT molecular complexity index is 1970. The average Bonchev–Trinajstić information content (AvgIpc) is 3.23. The Labute approximate surface area is 301 Å². The van der Waals surface area contributed by atoms with E-state index in [0.29, 0.717) is 30.7 Å². The minimum absolute atomic E-state index is 0.0145. The summed E-state index contributed by atoms with van der Waals surface area (Å²) in [6.07, 6.45) is 7.74. The fourth-order valence-electron chi connectivity index (χ4n) is 6.85. The van der Waals surface area contributed by atoms with Crippen LogP contribution >= 0.6 is 0 Å². The van der Waals surface area contributed by atoms with E-state index in [-0.39, 0.29) is 77.9 Å². The van der Waals surface area contributed by atoms with Crippen molar-refractivity contribution in [3.05, 3.63) is 54.0 Å². The molecule has 12 nitrogen and oxygen atoms in total. The Hall–Kier alpha value is -5.29. The van der Waals surface area contributed by atoms with Crippen molar-refractivity contribution in [3.63, 3.8) is 0 Å². The van der Waals surface area contributed by atoms with Gasteiger partial charge in [0.15, 0.2) is 11.6 Å². The van der Waals surface area contributed by atoms with Gasteiger partial charge in [0.25, 0.3) is 0 Å². The number of nitrogens with zero attached hydrogens (tertiary/aromatic N) is 5. The number of ether oxygens (including phenoxy) is 3. The van der Waals surface area contributed by atoms with Crippen molar-refractivity contribution in [2.75, 3.05) is 43.1 Å². The highest BCUT2D eigenvalue weighted by Gasteiger charge is 2.42. The van der Waals surface area contributed by atoms with Crippen LogP contribution in [0.15, 0.2) is 36.9 Å². The van der Waals surface area contributed by atoms with E-state index >= 15 is 4.39 Å². The second-order valence-corrected chi connectivity index (χ2v) is 14.1. The van der Waals surface area contributed by atoms with E-state index in [1.165, 1.54) is 29.2 Å². The van der Waals surface area contributed by atoms with Crippen LogP contribution in [0.4, 0.5) is 25.1 Å². The maximum atomic E-state index is 15.1. The summed E-state index contributed by atoms with van der Waals surface area (Å²) in [5.41, 5.74) is -0.286. The van der Waals surface area contributed by atoms with Crippen molar-refractivity contribution in [2.24, 2.45) is 5.92 Å². The first-order valence-corrected chi connectivity index (χ1v) is 17.3. The molecule has 6 rings (SSSR count). The van der Waals surface area contributed by atoms with Crippen LogP contribution in [0.3, 0.4) is 0 Å². The standard InChI is InChI=1S/C38H42F2N6O6/c1-7-27-28(40)13-12-23-15-26(51-35(48)22(3)4)16-30(32(23)27)46-20-29-33(52-37(46)49)34(45-14-10-9-11-25(19-45)41-31(47)8-2)43-36(42-29)50-21-38(5)17-24(39)18-44(38)6/h1,8,12-13,15-16,22,24-25H,2,9-11,14,17-21H2,3-6H3,(H,41,47)/t24-,25?,38+/m1/s1. The molecule has 3 aliphatic heterocycles. The number of likely N-dealkylation sites (N-methyl/N-ethyl adjacent to an activating group) is 1. The second-order valence-electron chi connectivity index (χ2n) is 14.1. The molecule has 0 aliphatic carbocycles. The molecule has 2 aromatic carbocycles. The van der Waals surface area contributed by atoms with Crippen LogP contribution in [0.25, 0.3) is 10.8 Å². The maximum absolute atomic E-state index is 15.1. The van der Waals surface area contributed by atoms with E-state index in [1.54, 1.807) is 19.9 Å². The van der Waals surface area contributed by atoms with E-state index in [2.05, 4.69) is 22.8 Å².